The van der Waals surface area contributed by atoms with E-state index in [1.807, 2.05) is 36.5 Å². The fourth-order valence-electron chi connectivity index (χ4n) is 6.19. The lowest BCUT2D eigenvalue weighted by Crippen LogP contribution is -2.37. The lowest BCUT2D eigenvalue weighted by atomic mass is 9.92. The molecule has 0 saturated carbocycles. The summed E-state index contributed by atoms with van der Waals surface area (Å²) in [4.78, 5) is 32.9. The van der Waals surface area contributed by atoms with Crippen LogP contribution in [-0.4, -0.2) is 66.3 Å². The molecule has 4 aromatic heterocycles. The first-order chi connectivity index (χ1) is 21.0. The molecule has 0 unspecified atom stereocenters. The molecule has 1 aromatic carbocycles. The molecule has 5 aromatic rings. The molecule has 6 heterocycles. The number of likely N-dealkylation sites (tertiary alicyclic amines) is 1. The molecule has 2 aliphatic heterocycles. The number of imidazole rings is 1. The van der Waals surface area contributed by atoms with E-state index in [-0.39, 0.29) is 17.8 Å². The number of para-hydroxylation sites is 1. The Balaban J connectivity index is 1.04. The summed E-state index contributed by atoms with van der Waals surface area (Å²) in [5, 5.41) is 10.6. The SMILES string of the molecule is C[C@@H](c1nc2ccc(C(=O)O)nc2n1C[C@@H]1CCO1)N1CCC(c2cccc(OCc3cccc4cccnc34)n2)CC1. The van der Waals surface area contributed by atoms with Crippen molar-refractivity contribution in [1.82, 2.24) is 29.4 Å². The molecular formula is C33H34N6O4. The Labute approximate surface area is 249 Å². The molecule has 2 fully saturated rings. The van der Waals surface area contributed by atoms with Gasteiger partial charge in [0.1, 0.15) is 17.9 Å². The van der Waals surface area contributed by atoms with Crippen LogP contribution in [0.2, 0.25) is 0 Å². The molecule has 220 valence electrons. The zero-order chi connectivity index (χ0) is 29.3. The molecule has 0 spiro atoms. The molecular weight excluding hydrogens is 544 g/mol. The summed E-state index contributed by atoms with van der Waals surface area (Å²) < 4.78 is 13.9. The van der Waals surface area contributed by atoms with Gasteiger partial charge < -0.3 is 19.1 Å². The molecule has 0 amide bonds. The topological polar surface area (TPSA) is 115 Å². The second-order valence-electron chi connectivity index (χ2n) is 11.4. The van der Waals surface area contributed by atoms with Crippen LogP contribution in [0.25, 0.3) is 22.1 Å². The van der Waals surface area contributed by atoms with E-state index in [1.165, 1.54) is 6.07 Å². The molecule has 43 heavy (non-hydrogen) atoms. The van der Waals surface area contributed by atoms with E-state index in [0.717, 1.165) is 66.9 Å². The molecule has 2 atom stereocenters. The second kappa shape index (κ2) is 11.7. The van der Waals surface area contributed by atoms with Crippen LogP contribution in [0.15, 0.2) is 66.9 Å². The van der Waals surface area contributed by atoms with Gasteiger partial charge in [-0.15, -0.1) is 0 Å². The fraction of sp³-hybridized carbons (Fsp3) is 0.364. The maximum absolute atomic E-state index is 11.6. The van der Waals surface area contributed by atoms with Gasteiger partial charge in [0.25, 0.3) is 0 Å². The molecule has 1 N–H and O–H groups in total. The van der Waals surface area contributed by atoms with Gasteiger partial charge in [-0.1, -0.05) is 30.3 Å². The van der Waals surface area contributed by atoms with Crippen molar-refractivity contribution in [1.29, 1.82) is 0 Å². The number of carbonyl (C=O) groups is 1. The van der Waals surface area contributed by atoms with Crippen LogP contribution in [0.5, 0.6) is 5.88 Å². The third-order valence-corrected chi connectivity index (χ3v) is 8.73. The number of carboxylic acids is 1. The number of fused-ring (bicyclic) bond motifs is 2. The minimum Gasteiger partial charge on any atom is -0.477 e. The van der Waals surface area contributed by atoms with Crippen LogP contribution in [-0.2, 0) is 17.9 Å². The van der Waals surface area contributed by atoms with E-state index in [0.29, 0.717) is 36.1 Å². The Morgan fingerprint density at radius 1 is 1.02 bits per heavy atom. The average molecular weight is 579 g/mol. The molecule has 0 bridgehead atoms. The van der Waals surface area contributed by atoms with Gasteiger partial charge in [0, 0.05) is 41.4 Å². The van der Waals surface area contributed by atoms with Gasteiger partial charge in [-0.3, -0.25) is 9.88 Å². The maximum atomic E-state index is 11.6. The average Bonchev–Trinajstić information content (AvgIpc) is 3.39. The number of hydrogen-bond acceptors (Lipinski definition) is 8. The molecule has 2 aliphatic rings. The highest BCUT2D eigenvalue weighted by Gasteiger charge is 2.30. The van der Waals surface area contributed by atoms with Crippen LogP contribution in [0.3, 0.4) is 0 Å². The maximum Gasteiger partial charge on any atom is 0.354 e. The van der Waals surface area contributed by atoms with E-state index in [4.69, 9.17) is 19.4 Å². The van der Waals surface area contributed by atoms with Gasteiger partial charge in [0.05, 0.1) is 24.2 Å². The Kier molecular flexibility index (Phi) is 7.46. The molecule has 0 aliphatic carbocycles. The molecule has 10 nitrogen and oxygen atoms in total. The van der Waals surface area contributed by atoms with E-state index in [2.05, 4.69) is 44.6 Å². The first-order valence-electron chi connectivity index (χ1n) is 14.9. The molecule has 2 saturated heterocycles. The van der Waals surface area contributed by atoms with E-state index in [9.17, 15) is 9.90 Å². The van der Waals surface area contributed by atoms with E-state index in [1.54, 1.807) is 6.07 Å². The highest BCUT2D eigenvalue weighted by atomic mass is 16.5. The summed E-state index contributed by atoms with van der Waals surface area (Å²) in [5.74, 6) is 0.824. The molecule has 7 rings (SSSR count). The summed E-state index contributed by atoms with van der Waals surface area (Å²) in [5.41, 5.74) is 4.39. The largest absolute Gasteiger partial charge is 0.477 e. The van der Waals surface area contributed by atoms with Crippen molar-refractivity contribution < 1.29 is 19.4 Å². The lowest BCUT2D eigenvalue weighted by Gasteiger charge is -2.36. The van der Waals surface area contributed by atoms with Crippen molar-refractivity contribution in [3.63, 3.8) is 0 Å². The third kappa shape index (κ3) is 5.55. The number of benzene rings is 1. The second-order valence-corrected chi connectivity index (χ2v) is 11.4. The quantitative estimate of drug-likeness (QED) is 0.246. The van der Waals surface area contributed by atoms with Gasteiger partial charge in [-0.25, -0.2) is 19.7 Å². The van der Waals surface area contributed by atoms with Crippen molar-refractivity contribution in [2.75, 3.05) is 19.7 Å². The smallest absolute Gasteiger partial charge is 0.354 e. The number of aromatic carboxylic acids is 1. The van der Waals surface area contributed by atoms with Gasteiger partial charge in [-0.2, -0.15) is 0 Å². The monoisotopic (exact) mass is 578 g/mol. The number of aromatic nitrogens is 5. The van der Waals surface area contributed by atoms with Crippen molar-refractivity contribution >= 4 is 28.0 Å². The number of ether oxygens (including phenoxy) is 2. The van der Waals surface area contributed by atoms with Crippen LogP contribution >= 0.6 is 0 Å². The van der Waals surface area contributed by atoms with Gasteiger partial charge in [0.15, 0.2) is 11.3 Å². The van der Waals surface area contributed by atoms with Crippen molar-refractivity contribution in [3.05, 3.63) is 89.6 Å². The Hall–Kier alpha value is -4.41. The fourth-order valence-corrected chi connectivity index (χ4v) is 6.19. The Bertz CT molecular complexity index is 1770. The van der Waals surface area contributed by atoms with E-state index < -0.39 is 5.97 Å². The lowest BCUT2D eigenvalue weighted by molar-refractivity contribution is -0.0595. The minimum atomic E-state index is -1.04. The van der Waals surface area contributed by atoms with Gasteiger partial charge in [-0.05, 0) is 63.5 Å². The first-order valence-corrected chi connectivity index (χ1v) is 14.9. The highest BCUT2D eigenvalue weighted by molar-refractivity contribution is 5.88. The number of nitrogens with zero attached hydrogens (tertiary/aromatic N) is 6. The third-order valence-electron chi connectivity index (χ3n) is 8.73. The number of hydrogen-bond donors (Lipinski definition) is 1. The van der Waals surface area contributed by atoms with Crippen molar-refractivity contribution in [3.8, 4) is 5.88 Å². The summed E-state index contributed by atoms with van der Waals surface area (Å²) in [7, 11) is 0. The standard InChI is InChI=1S/C33H34N6O4/c1-21(31-36-27-10-11-28(33(40)41)37-32(27)39(31)19-25-14-18-42-25)38-16-12-22(13-17-38)26-8-3-9-29(35-26)43-20-24-6-2-5-23-7-4-15-34-30(23)24/h2-11,15,21-22,25H,12-14,16-20H2,1H3,(H,40,41)/t21-,25-/m0/s1. The molecule has 10 heteroatoms. The van der Waals surface area contributed by atoms with Crippen LogP contribution < -0.4 is 4.74 Å². The number of pyridine rings is 3. The first kappa shape index (κ1) is 27.4. The predicted octanol–water partition coefficient (Wildman–Crippen LogP) is 5.38. The zero-order valence-electron chi connectivity index (χ0n) is 24.1. The number of carboxylic acid groups (broad SMARTS) is 1. The van der Waals surface area contributed by atoms with Crippen molar-refractivity contribution in [2.24, 2.45) is 0 Å². The van der Waals surface area contributed by atoms with Crippen molar-refractivity contribution in [2.45, 2.75) is 57.4 Å². The van der Waals surface area contributed by atoms with Crippen LogP contribution in [0.1, 0.15) is 65.7 Å². The highest BCUT2D eigenvalue weighted by Crippen LogP contribution is 2.33. The minimum absolute atomic E-state index is 0.0238. The Morgan fingerprint density at radius 3 is 2.63 bits per heavy atom. The van der Waals surface area contributed by atoms with Gasteiger partial charge >= 0.3 is 5.97 Å². The summed E-state index contributed by atoms with van der Waals surface area (Å²) >= 11 is 0. The summed E-state index contributed by atoms with van der Waals surface area (Å²) in [6, 6.07) is 19.5. The predicted molar refractivity (Wildman–Crippen MR) is 161 cm³/mol. The summed E-state index contributed by atoms with van der Waals surface area (Å²) in [6.07, 6.45) is 4.83. The number of piperidine rings is 1. The van der Waals surface area contributed by atoms with Crippen LogP contribution in [0.4, 0.5) is 0 Å². The normalized spacial score (nSPS) is 18.5. The van der Waals surface area contributed by atoms with Gasteiger partial charge in [0.2, 0.25) is 5.88 Å². The Morgan fingerprint density at radius 2 is 1.84 bits per heavy atom. The van der Waals surface area contributed by atoms with E-state index >= 15 is 0 Å². The molecule has 0 radical (unpaired) electrons. The zero-order valence-corrected chi connectivity index (χ0v) is 24.1. The summed E-state index contributed by atoms with van der Waals surface area (Å²) in [6.45, 7) is 5.76. The van der Waals surface area contributed by atoms with Crippen LogP contribution in [0, 0.1) is 0 Å². The number of rotatable bonds is 9.